The fraction of sp³-hybridized carbons (Fsp3) is 0.500. The molecule has 3 nitrogen and oxygen atoms in total. The molecule has 3 N–H and O–H groups in total. The second-order valence-electron chi connectivity index (χ2n) is 4.62. The van der Waals surface area contributed by atoms with E-state index in [0.29, 0.717) is 12.8 Å². The van der Waals surface area contributed by atoms with E-state index >= 15 is 0 Å². The third-order valence-electron chi connectivity index (χ3n) is 3.43. The van der Waals surface area contributed by atoms with Crippen molar-refractivity contribution in [1.82, 2.24) is 0 Å². The van der Waals surface area contributed by atoms with E-state index in [1.54, 1.807) is 0 Å². The first-order valence-corrected chi connectivity index (χ1v) is 5.41. The lowest BCUT2D eigenvalue weighted by Crippen LogP contribution is -2.49. The van der Waals surface area contributed by atoms with E-state index in [2.05, 4.69) is 6.07 Å². The van der Waals surface area contributed by atoms with E-state index in [1.165, 1.54) is 5.56 Å². The lowest BCUT2D eigenvalue weighted by atomic mass is 9.71. The summed E-state index contributed by atoms with van der Waals surface area (Å²) in [7, 11) is 0. The summed E-state index contributed by atoms with van der Waals surface area (Å²) >= 11 is 0. The van der Waals surface area contributed by atoms with E-state index < -0.39 is 5.60 Å². The maximum Gasteiger partial charge on any atom is 0.122 e. The molecule has 0 unspecified atom stereocenters. The highest BCUT2D eigenvalue weighted by atomic mass is 16.5. The smallest absolute Gasteiger partial charge is 0.122 e. The number of hydrogen-bond donors (Lipinski definition) is 2. The van der Waals surface area contributed by atoms with Gasteiger partial charge in [0, 0.05) is 12.5 Å². The van der Waals surface area contributed by atoms with E-state index in [4.69, 9.17) is 10.5 Å². The Hall–Kier alpha value is -1.06. The fourth-order valence-electron chi connectivity index (χ4n) is 2.52. The molecule has 1 aliphatic carbocycles. The van der Waals surface area contributed by atoms with Gasteiger partial charge in [0.25, 0.3) is 0 Å². The zero-order valence-corrected chi connectivity index (χ0v) is 8.57. The molecule has 1 saturated carbocycles. The van der Waals surface area contributed by atoms with Crippen LogP contribution in [0.1, 0.15) is 24.0 Å². The highest BCUT2D eigenvalue weighted by Gasteiger charge is 2.42. The summed E-state index contributed by atoms with van der Waals surface area (Å²) in [4.78, 5) is 0. The van der Waals surface area contributed by atoms with Gasteiger partial charge in [-0.15, -0.1) is 0 Å². The highest BCUT2D eigenvalue weighted by Crippen LogP contribution is 2.42. The molecule has 3 heteroatoms. The quantitative estimate of drug-likeness (QED) is 0.717. The van der Waals surface area contributed by atoms with Crippen molar-refractivity contribution >= 4 is 0 Å². The number of fused-ring (bicyclic) bond motifs is 1. The lowest BCUT2D eigenvalue weighted by Gasteiger charge is -2.42. The van der Waals surface area contributed by atoms with Crippen molar-refractivity contribution in [3.63, 3.8) is 0 Å². The largest absolute Gasteiger partial charge is 0.493 e. The van der Waals surface area contributed by atoms with Gasteiger partial charge in [0.1, 0.15) is 5.75 Å². The molecule has 0 saturated heterocycles. The van der Waals surface area contributed by atoms with Crippen LogP contribution in [0.15, 0.2) is 18.2 Å². The van der Waals surface area contributed by atoms with E-state index in [9.17, 15) is 5.11 Å². The Morgan fingerprint density at radius 3 is 2.93 bits per heavy atom. The Morgan fingerprint density at radius 2 is 2.20 bits per heavy atom. The summed E-state index contributed by atoms with van der Waals surface area (Å²) in [6, 6.07) is 6.13. The summed E-state index contributed by atoms with van der Waals surface area (Å²) in [5.41, 5.74) is 7.24. The average molecular weight is 205 g/mol. The maximum absolute atomic E-state index is 10.3. The monoisotopic (exact) mass is 205 g/mol. The number of rotatable bonds is 1. The third kappa shape index (κ3) is 1.34. The predicted molar refractivity (Wildman–Crippen MR) is 56.7 cm³/mol. The summed E-state index contributed by atoms with van der Waals surface area (Å²) in [5.74, 6) is 0.964. The van der Waals surface area contributed by atoms with Crippen LogP contribution in [-0.2, 0) is 12.0 Å². The lowest BCUT2D eigenvalue weighted by molar-refractivity contribution is -0.0523. The van der Waals surface area contributed by atoms with E-state index in [-0.39, 0.29) is 6.04 Å². The predicted octanol–water partition coefficient (Wildman–Crippen LogP) is 0.930. The fourth-order valence-corrected chi connectivity index (χ4v) is 2.52. The maximum atomic E-state index is 10.3. The topological polar surface area (TPSA) is 55.5 Å². The van der Waals surface area contributed by atoms with Crippen molar-refractivity contribution in [1.29, 1.82) is 0 Å². The van der Waals surface area contributed by atoms with Crippen molar-refractivity contribution < 1.29 is 9.84 Å². The van der Waals surface area contributed by atoms with Gasteiger partial charge in [-0.2, -0.15) is 0 Å². The molecule has 0 bridgehead atoms. The Bertz CT molecular complexity index is 397. The van der Waals surface area contributed by atoms with E-state index in [1.807, 2.05) is 12.1 Å². The van der Waals surface area contributed by atoms with E-state index in [0.717, 1.165) is 24.3 Å². The Morgan fingerprint density at radius 1 is 1.40 bits per heavy atom. The molecule has 80 valence electrons. The minimum atomic E-state index is -0.683. The van der Waals surface area contributed by atoms with Gasteiger partial charge >= 0.3 is 0 Å². The third-order valence-corrected chi connectivity index (χ3v) is 3.43. The average Bonchev–Trinajstić information content (AvgIpc) is 2.61. The first-order valence-electron chi connectivity index (χ1n) is 5.41. The standard InChI is InChI=1S/C12H15NO2/c13-10-6-12(14,7-10)9-1-2-11-8(5-9)3-4-15-11/h1-2,5,10,14H,3-4,6-7,13H2. The van der Waals surface area contributed by atoms with Crippen molar-refractivity contribution in [3.05, 3.63) is 29.3 Å². The molecule has 1 heterocycles. The number of nitrogens with two attached hydrogens (primary N) is 1. The SMILES string of the molecule is NC1CC(O)(c2ccc3c(c2)CCO3)C1. The van der Waals surface area contributed by atoms with Crippen LogP contribution in [0.3, 0.4) is 0 Å². The summed E-state index contributed by atoms with van der Waals surface area (Å²) in [5, 5.41) is 10.3. The molecule has 0 spiro atoms. The van der Waals surface area contributed by atoms with Crippen LogP contribution in [0.4, 0.5) is 0 Å². The zero-order valence-electron chi connectivity index (χ0n) is 8.57. The summed E-state index contributed by atoms with van der Waals surface area (Å²) in [6.07, 6.45) is 2.30. The molecule has 1 aliphatic heterocycles. The van der Waals surface area contributed by atoms with Crippen LogP contribution in [0.5, 0.6) is 5.75 Å². The molecular weight excluding hydrogens is 190 g/mol. The van der Waals surface area contributed by atoms with Crippen molar-refractivity contribution in [2.45, 2.75) is 30.9 Å². The second-order valence-corrected chi connectivity index (χ2v) is 4.62. The molecule has 15 heavy (non-hydrogen) atoms. The van der Waals surface area contributed by atoms with Gasteiger partial charge in [-0.1, -0.05) is 6.07 Å². The van der Waals surface area contributed by atoms with Crippen LogP contribution in [0.25, 0.3) is 0 Å². The molecule has 3 rings (SSSR count). The molecular formula is C12H15NO2. The van der Waals surface area contributed by atoms with Crippen LogP contribution in [0, 0.1) is 0 Å². The number of aliphatic hydroxyl groups is 1. The van der Waals surface area contributed by atoms with Gasteiger partial charge in [0.05, 0.1) is 12.2 Å². The number of benzene rings is 1. The van der Waals surface area contributed by atoms with Gasteiger partial charge in [-0.25, -0.2) is 0 Å². The van der Waals surface area contributed by atoms with Crippen LogP contribution >= 0.6 is 0 Å². The van der Waals surface area contributed by atoms with Gasteiger partial charge < -0.3 is 15.6 Å². The Labute approximate surface area is 88.9 Å². The summed E-state index contributed by atoms with van der Waals surface area (Å²) in [6.45, 7) is 0.761. The molecule has 1 aromatic rings. The Balaban J connectivity index is 1.93. The molecule has 0 radical (unpaired) electrons. The molecule has 0 atom stereocenters. The van der Waals surface area contributed by atoms with Gasteiger partial charge in [0.15, 0.2) is 0 Å². The van der Waals surface area contributed by atoms with Crippen LogP contribution < -0.4 is 10.5 Å². The van der Waals surface area contributed by atoms with Crippen LogP contribution in [0.2, 0.25) is 0 Å². The normalized spacial score (nSPS) is 33.1. The molecule has 0 amide bonds. The van der Waals surface area contributed by atoms with Gasteiger partial charge in [0.2, 0.25) is 0 Å². The molecule has 1 fully saturated rings. The minimum absolute atomic E-state index is 0.152. The molecule has 2 aliphatic rings. The molecule has 0 aromatic heterocycles. The summed E-state index contributed by atoms with van der Waals surface area (Å²) < 4.78 is 5.43. The zero-order chi connectivity index (χ0) is 10.5. The minimum Gasteiger partial charge on any atom is -0.493 e. The van der Waals surface area contributed by atoms with Crippen LogP contribution in [-0.4, -0.2) is 17.8 Å². The van der Waals surface area contributed by atoms with Crippen molar-refractivity contribution in [2.75, 3.05) is 6.61 Å². The van der Waals surface area contributed by atoms with Gasteiger partial charge in [-0.05, 0) is 36.1 Å². The second kappa shape index (κ2) is 2.97. The van der Waals surface area contributed by atoms with Gasteiger partial charge in [-0.3, -0.25) is 0 Å². The first-order chi connectivity index (χ1) is 7.17. The number of hydrogen-bond acceptors (Lipinski definition) is 3. The Kier molecular flexibility index (Phi) is 1.82. The van der Waals surface area contributed by atoms with Crippen molar-refractivity contribution in [3.8, 4) is 5.75 Å². The molecule has 1 aromatic carbocycles. The van der Waals surface area contributed by atoms with Crippen molar-refractivity contribution in [2.24, 2.45) is 5.73 Å². The first kappa shape index (κ1) is 9.19. The highest BCUT2D eigenvalue weighted by molar-refractivity contribution is 5.42. The number of ether oxygens (including phenoxy) is 1.